The number of nitrogens with zero attached hydrogens (tertiary/aromatic N) is 3. The second-order valence-electron chi connectivity index (χ2n) is 8.96. The van der Waals surface area contributed by atoms with Gasteiger partial charge in [-0.25, -0.2) is 9.49 Å². The molecule has 0 saturated heterocycles. The van der Waals surface area contributed by atoms with Gasteiger partial charge in [-0.2, -0.15) is 10.2 Å². The van der Waals surface area contributed by atoms with Crippen LogP contribution >= 0.6 is 0 Å². The predicted octanol–water partition coefficient (Wildman–Crippen LogP) is 4.10. The third-order valence-electron chi connectivity index (χ3n) is 5.58. The van der Waals surface area contributed by atoms with Crippen LogP contribution in [-0.2, 0) is 6.54 Å². The maximum Gasteiger partial charge on any atom is 0.276 e. The van der Waals surface area contributed by atoms with E-state index in [1.54, 1.807) is 50.2 Å². The fourth-order valence-electron chi connectivity index (χ4n) is 4.04. The number of benzene rings is 3. The first kappa shape index (κ1) is 22.4. The molecule has 5 rings (SSSR count). The van der Waals surface area contributed by atoms with E-state index in [2.05, 4.69) is 20.6 Å². The van der Waals surface area contributed by atoms with Crippen LogP contribution in [0.25, 0.3) is 32.9 Å². The van der Waals surface area contributed by atoms with Crippen LogP contribution in [0.4, 0.5) is 10.1 Å². The fraction of sp³-hybridized carbons (Fsp3) is 0.154. The summed E-state index contributed by atoms with van der Waals surface area (Å²) in [5, 5.41) is 25.8. The van der Waals surface area contributed by atoms with Gasteiger partial charge in [0.15, 0.2) is 5.69 Å². The third kappa shape index (κ3) is 4.41. The first-order chi connectivity index (χ1) is 16.7. The Hall–Kier alpha value is -4.37. The molecular weight excluding hydrogens is 449 g/mol. The summed E-state index contributed by atoms with van der Waals surface area (Å²) in [6, 6.07) is 18.3. The van der Waals surface area contributed by atoms with E-state index in [0.717, 1.165) is 10.9 Å². The van der Waals surface area contributed by atoms with Gasteiger partial charge in [0.05, 0.1) is 28.7 Å². The van der Waals surface area contributed by atoms with Gasteiger partial charge in [-0.1, -0.05) is 30.3 Å². The number of anilines is 1. The molecule has 5 aromatic rings. The first-order valence-electron chi connectivity index (χ1n) is 11.0. The van der Waals surface area contributed by atoms with E-state index in [1.807, 2.05) is 12.1 Å². The molecule has 0 fully saturated rings. The summed E-state index contributed by atoms with van der Waals surface area (Å²) in [6.07, 6.45) is 0. The molecule has 3 aromatic carbocycles. The molecule has 2 aromatic heterocycles. The number of hydrogen-bond donors (Lipinski definition) is 3. The van der Waals surface area contributed by atoms with Crippen LogP contribution in [0.1, 0.15) is 24.3 Å². The lowest BCUT2D eigenvalue weighted by molar-refractivity contribution is 0.0588. The van der Waals surface area contributed by atoms with E-state index in [4.69, 9.17) is 0 Å². The molecule has 0 unspecified atom stereocenters. The predicted molar refractivity (Wildman–Crippen MR) is 132 cm³/mol. The molecule has 0 aliphatic heterocycles. The standard InChI is InChI=1S/C26H22FN5O3/c1-26(2,35)14-32-21-13-16(27)9-12-20(21)23(31-32)25(34)28-17-10-7-15(8-11-17)22-18-5-3-4-6-19(18)24(33)30-29-22/h3-13,35H,14H2,1-2H3,(H,28,34)(H,30,33). The van der Waals surface area contributed by atoms with Gasteiger partial charge in [-0.15, -0.1) is 0 Å². The monoisotopic (exact) mass is 471 g/mol. The van der Waals surface area contributed by atoms with Crippen LogP contribution < -0.4 is 10.9 Å². The van der Waals surface area contributed by atoms with Crippen LogP contribution in [0.2, 0.25) is 0 Å². The molecule has 8 nitrogen and oxygen atoms in total. The Kier molecular flexibility index (Phi) is 5.41. The van der Waals surface area contributed by atoms with Crippen molar-refractivity contribution in [2.24, 2.45) is 0 Å². The lowest BCUT2D eigenvalue weighted by Crippen LogP contribution is -2.27. The lowest BCUT2D eigenvalue weighted by atomic mass is 10.0. The average molecular weight is 471 g/mol. The Bertz CT molecular complexity index is 1630. The second-order valence-corrected chi connectivity index (χ2v) is 8.96. The molecule has 0 radical (unpaired) electrons. The molecule has 0 aliphatic carbocycles. The van der Waals surface area contributed by atoms with Gasteiger partial charge < -0.3 is 10.4 Å². The van der Waals surface area contributed by atoms with Crippen molar-refractivity contribution in [3.8, 4) is 11.3 Å². The summed E-state index contributed by atoms with van der Waals surface area (Å²) in [5.74, 6) is -0.920. The summed E-state index contributed by atoms with van der Waals surface area (Å²) in [7, 11) is 0. The highest BCUT2D eigenvalue weighted by molar-refractivity contribution is 6.11. The zero-order chi connectivity index (χ0) is 24.7. The number of carbonyl (C=O) groups excluding carboxylic acids is 1. The van der Waals surface area contributed by atoms with Crippen molar-refractivity contribution in [3.05, 3.63) is 88.6 Å². The number of carbonyl (C=O) groups is 1. The van der Waals surface area contributed by atoms with Crippen molar-refractivity contribution >= 4 is 33.3 Å². The molecule has 9 heteroatoms. The topological polar surface area (TPSA) is 113 Å². The molecule has 1 amide bonds. The zero-order valence-electron chi connectivity index (χ0n) is 19.0. The summed E-state index contributed by atoms with van der Waals surface area (Å²) < 4.78 is 15.3. The highest BCUT2D eigenvalue weighted by Crippen LogP contribution is 2.26. The van der Waals surface area contributed by atoms with Crippen molar-refractivity contribution in [2.75, 3.05) is 5.32 Å². The smallest absolute Gasteiger partial charge is 0.276 e. The largest absolute Gasteiger partial charge is 0.389 e. The van der Waals surface area contributed by atoms with E-state index >= 15 is 0 Å². The van der Waals surface area contributed by atoms with Crippen molar-refractivity contribution in [1.82, 2.24) is 20.0 Å². The van der Waals surface area contributed by atoms with Crippen LogP contribution in [0.5, 0.6) is 0 Å². The molecule has 2 heterocycles. The SMILES string of the molecule is CC(C)(O)Cn1nc(C(=O)Nc2ccc(-c3n[nH]c(=O)c4ccccc34)cc2)c2ccc(F)cc21. The van der Waals surface area contributed by atoms with Crippen LogP contribution in [0, 0.1) is 5.82 Å². The summed E-state index contributed by atoms with van der Waals surface area (Å²) in [5.41, 5.74) is 1.10. The number of halogens is 1. The second kappa shape index (κ2) is 8.44. The third-order valence-corrected chi connectivity index (χ3v) is 5.58. The Morgan fingerprint density at radius 3 is 2.49 bits per heavy atom. The lowest BCUT2D eigenvalue weighted by Gasteiger charge is -2.17. The van der Waals surface area contributed by atoms with E-state index in [0.29, 0.717) is 27.7 Å². The molecule has 35 heavy (non-hydrogen) atoms. The molecule has 176 valence electrons. The Balaban J connectivity index is 1.45. The van der Waals surface area contributed by atoms with Crippen LogP contribution in [-0.4, -0.2) is 36.6 Å². The van der Waals surface area contributed by atoms with Crippen LogP contribution in [0.15, 0.2) is 71.5 Å². The van der Waals surface area contributed by atoms with Crippen molar-refractivity contribution < 1.29 is 14.3 Å². The fourth-order valence-corrected chi connectivity index (χ4v) is 4.04. The van der Waals surface area contributed by atoms with Crippen molar-refractivity contribution in [3.63, 3.8) is 0 Å². The molecule has 0 spiro atoms. The molecule has 0 aliphatic rings. The zero-order valence-corrected chi connectivity index (χ0v) is 19.0. The Morgan fingerprint density at radius 2 is 1.77 bits per heavy atom. The van der Waals surface area contributed by atoms with Gasteiger partial charge in [-0.05, 0) is 50.2 Å². The maximum atomic E-state index is 13.9. The van der Waals surface area contributed by atoms with E-state index < -0.39 is 17.3 Å². The minimum absolute atomic E-state index is 0.0923. The first-order valence-corrected chi connectivity index (χ1v) is 11.0. The van der Waals surface area contributed by atoms with E-state index in [1.165, 1.54) is 22.9 Å². The molecule has 0 atom stereocenters. The molecule has 0 bridgehead atoms. The Labute approximate surface area is 199 Å². The van der Waals surface area contributed by atoms with Gasteiger partial charge in [-0.3, -0.25) is 14.3 Å². The van der Waals surface area contributed by atoms with Gasteiger partial charge in [0.1, 0.15) is 5.82 Å². The van der Waals surface area contributed by atoms with Crippen molar-refractivity contribution in [2.45, 2.75) is 26.0 Å². The number of hydrogen-bond acceptors (Lipinski definition) is 5. The van der Waals surface area contributed by atoms with Gasteiger partial charge in [0.2, 0.25) is 0 Å². The normalized spacial score (nSPS) is 11.8. The van der Waals surface area contributed by atoms with Gasteiger partial charge in [0.25, 0.3) is 11.5 Å². The average Bonchev–Trinajstić information content (AvgIpc) is 3.16. The van der Waals surface area contributed by atoms with Gasteiger partial charge >= 0.3 is 0 Å². The molecule has 0 saturated carbocycles. The number of fused-ring (bicyclic) bond motifs is 2. The number of rotatable bonds is 5. The maximum absolute atomic E-state index is 13.9. The highest BCUT2D eigenvalue weighted by atomic mass is 19.1. The highest BCUT2D eigenvalue weighted by Gasteiger charge is 2.22. The number of aliphatic hydroxyl groups is 1. The number of amides is 1. The Morgan fingerprint density at radius 1 is 1.06 bits per heavy atom. The number of nitrogens with one attached hydrogen (secondary N) is 2. The quantitative estimate of drug-likeness (QED) is 0.357. The molecule has 3 N–H and O–H groups in total. The van der Waals surface area contributed by atoms with E-state index in [9.17, 15) is 19.1 Å². The summed E-state index contributed by atoms with van der Waals surface area (Å²) in [4.78, 5) is 25.1. The van der Waals surface area contributed by atoms with E-state index in [-0.39, 0.29) is 17.8 Å². The number of aromatic nitrogens is 4. The van der Waals surface area contributed by atoms with Crippen LogP contribution in [0.3, 0.4) is 0 Å². The minimum Gasteiger partial charge on any atom is -0.389 e. The molecular formula is C26H22FN5O3. The minimum atomic E-state index is -1.10. The summed E-state index contributed by atoms with van der Waals surface area (Å²) >= 11 is 0. The number of aromatic amines is 1. The van der Waals surface area contributed by atoms with Gasteiger partial charge in [0, 0.05) is 22.0 Å². The number of H-pyrrole nitrogens is 1. The summed E-state index contributed by atoms with van der Waals surface area (Å²) in [6.45, 7) is 3.32. The van der Waals surface area contributed by atoms with Crippen molar-refractivity contribution in [1.29, 1.82) is 0 Å².